The molecule has 1 unspecified atom stereocenters. The van der Waals surface area contributed by atoms with Crippen molar-refractivity contribution in [2.45, 2.75) is 65.9 Å². The number of nitrogens with one attached hydrogen (secondary N) is 1. The van der Waals surface area contributed by atoms with Gasteiger partial charge in [-0.05, 0) is 65.1 Å². The highest BCUT2D eigenvalue weighted by Gasteiger charge is 2.34. The van der Waals surface area contributed by atoms with Crippen LogP contribution in [-0.2, 0) is 11.4 Å². The van der Waals surface area contributed by atoms with Crippen molar-refractivity contribution in [3.63, 3.8) is 0 Å². The average Bonchev–Trinajstić information content (AvgIpc) is 2.95. The third kappa shape index (κ3) is 4.27. The molecule has 1 heterocycles. The van der Waals surface area contributed by atoms with Gasteiger partial charge in [-0.2, -0.15) is 0 Å². The molecule has 172 valence electrons. The van der Waals surface area contributed by atoms with Gasteiger partial charge >= 0.3 is 0 Å². The summed E-state index contributed by atoms with van der Waals surface area (Å²) < 4.78 is 6.18. The molecule has 3 aromatic rings. The van der Waals surface area contributed by atoms with E-state index in [0.29, 0.717) is 17.4 Å². The maximum atomic E-state index is 14.2. The molecule has 3 nitrogen and oxygen atoms in total. The molecule has 0 radical (unpaired) electrons. The van der Waals surface area contributed by atoms with Crippen molar-refractivity contribution in [1.29, 1.82) is 0 Å². The first-order valence-electron chi connectivity index (χ1n) is 11.6. The van der Waals surface area contributed by atoms with E-state index in [4.69, 9.17) is 16.3 Å². The Balaban J connectivity index is 1.91. The van der Waals surface area contributed by atoms with Gasteiger partial charge in [-0.1, -0.05) is 81.8 Å². The number of para-hydroxylation sites is 1. The number of ether oxygens (including phenoxy) is 1. The molecule has 0 bridgehead atoms. The predicted octanol–water partition coefficient (Wildman–Crippen LogP) is 7.87. The van der Waals surface area contributed by atoms with E-state index < -0.39 is 5.92 Å². The molecule has 0 aliphatic carbocycles. The number of aryl methyl sites for hydroxylation is 1. The Morgan fingerprint density at radius 1 is 1.00 bits per heavy atom. The van der Waals surface area contributed by atoms with Gasteiger partial charge in [0.15, 0.2) is 0 Å². The zero-order chi connectivity index (χ0) is 23.9. The van der Waals surface area contributed by atoms with Crippen molar-refractivity contribution >= 4 is 23.2 Å². The summed E-state index contributed by atoms with van der Waals surface area (Å²) in [5, 5.41) is 3.90. The highest BCUT2D eigenvalue weighted by Crippen LogP contribution is 2.45. The molecule has 1 aliphatic heterocycles. The molecule has 3 aromatic carbocycles. The minimum Gasteiger partial charge on any atom is -0.487 e. The van der Waals surface area contributed by atoms with E-state index in [2.05, 4.69) is 51.2 Å². The van der Waals surface area contributed by atoms with E-state index in [1.165, 1.54) is 0 Å². The molecule has 1 atom stereocenters. The van der Waals surface area contributed by atoms with Crippen LogP contribution in [-0.4, -0.2) is 5.91 Å². The van der Waals surface area contributed by atoms with Crippen LogP contribution in [0.1, 0.15) is 84.4 Å². The van der Waals surface area contributed by atoms with Crippen molar-refractivity contribution < 1.29 is 9.53 Å². The zero-order valence-corrected chi connectivity index (χ0v) is 21.0. The maximum absolute atomic E-state index is 14.2. The second kappa shape index (κ2) is 9.23. The van der Waals surface area contributed by atoms with Gasteiger partial charge in [0.1, 0.15) is 12.4 Å². The van der Waals surface area contributed by atoms with Gasteiger partial charge in [0.25, 0.3) is 0 Å². The van der Waals surface area contributed by atoms with Crippen LogP contribution >= 0.6 is 11.6 Å². The molecular weight excluding hydrogens is 430 g/mol. The maximum Gasteiger partial charge on any atom is 0.236 e. The molecule has 33 heavy (non-hydrogen) atoms. The second-order valence-corrected chi connectivity index (χ2v) is 9.98. The molecule has 0 saturated heterocycles. The van der Waals surface area contributed by atoms with Gasteiger partial charge in [-0.3, -0.25) is 4.79 Å². The molecular formula is C29H32ClNO2. The quantitative estimate of drug-likeness (QED) is 0.429. The van der Waals surface area contributed by atoms with E-state index >= 15 is 0 Å². The first-order valence-corrected chi connectivity index (χ1v) is 12.0. The minimum atomic E-state index is -0.517. The van der Waals surface area contributed by atoms with Gasteiger partial charge in [0.05, 0.1) is 10.9 Å². The lowest BCUT2D eigenvalue weighted by Crippen LogP contribution is -2.25. The molecule has 0 spiro atoms. The first kappa shape index (κ1) is 23.4. The summed E-state index contributed by atoms with van der Waals surface area (Å²) >= 11 is 6.64. The van der Waals surface area contributed by atoms with Gasteiger partial charge in [0.2, 0.25) is 5.91 Å². The third-order valence-electron chi connectivity index (χ3n) is 6.71. The minimum absolute atomic E-state index is 0.0611. The number of benzene rings is 3. The molecule has 0 saturated carbocycles. The van der Waals surface area contributed by atoms with E-state index in [1.54, 1.807) is 0 Å². The van der Waals surface area contributed by atoms with E-state index in [0.717, 1.165) is 44.6 Å². The van der Waals surface area contributed by atoms with Crippen molar-refractivity contribution in [2.75, 3.05) is 5.32 Å². The summed E-state index contributed by atoms with van der Waals surface area (Å²) in [6, 6.07) is 16.2. The summed E-state index contributed by atoms with van der Waals surface area (Å²) in [5.41, 5.74) is 8.12. The highest BCUT2D eigenvalue weighted by molar-refractivity contribution is 6.32. The lowest BCUT2D eigenvalue weighted by molar-refractivity contribution is -0.116. The number of fused-ring (bicyclic) bond motifs is 2. The topological polar surface area (TPSA) is 38.3 Å². The number of halogens is 1. The van der Waals surface area contributed by atoms with Crippen LogP contribution in [0.4, 0.5) is 5.69 Å². The molecule has 4 heteroatoms. The largest absolute Gasteiger partial charge is 0.487 e. The number of rotatable bonds is 4. The molecule has 4 rings (SSSR count). The van der Waals surface area contributed by atoms with Crippen molar-refractivity contribution in [3.05, 3.63) is 92.5 Å². The van der Waals surface area contributed by atoms with Crippen LogP contribution in [0.2, 0.25) is 5.02 Å². The van der Waals surface area contributed by atoms with Gasteiger partial charge < -0.3 is 10.1 Å². The number of amides is 1. The van der Waals surface area contributed by atoms with Crippen LogP contribution in [0.25, 0.3) is 0 Å². The van der Waals surface area contributed by atoms with E-state index in [-0.39, 0.29) is 17.7 Å². The molecule has 0 aromatic heterocycles. The predicted molar refractivity (Wildman–Crippen MR) is 137 cm³/mol. The lowest BCUT2D eigenvalue weighted by atomic mass is 9.83. The normalized spacial score (nSPS) is 15.0. The van der Waals surface area contributed by atoms with Crippen molar-refractivity contribution in [1.82, 2.24) is 0 Å². The summed E-state index contributed by atoms with van der Waals surface area (Å²) in [4.78, 5) is 14.2. The summed E-state index contributed by atoms with van der Waals surface area (Å²) in [6.07, 6.45) is 0. The third-order valence-corrected chi connectivity index (χ3v) is 6.99. The summed E-state index contributed by atoms with van der Waals surface area (Å²) in [6.45, 7) is 13.1. The lowest BCUT2D eigenvalue weighted by Gasteiger charge is -2.25. The van der Waals surface area contributed by atoms with Crippen LogP contribution in [0.15, 0.2) is 48.5 Å². The summed E-state index contributed by atoms with van der Waals surface area (Å²) in [5.74, 6) is 0.603. The zero-order valence-electron chi connectivity index (χ0n) is 20.3. The molecule has 1 aliphatic rings. The number of carbonyl (C=O) groups excluding carboxylic acids is 1. The van der Waals surface area contributed by atoms with Gasteiger partial charge in [0, 0.05) is 11.3 Å². The summed E-state index contributed by atoms with van der Waals surface area (Å²) in [7, 11) is 0. The van der Waals surface area contributed by atoms with Crippen LogP contribution < -0.4 is 10.1 Å². The standard InChI is InChI=1S/C29H32ClNO2/c1-16(2)21-12-9-13-22(17(3)4)27(21)31-29(32)26-23-11-8-7-10-20(23)15-33-28-24(30)14-18(5)19(6)25(26)28/h7-14,16-17,26H,15H2,1-6H3,(H,31,32). The molecule has 0 fully saturated rings. The van der Waals surface area contributed by atoms with E-state index in [9.17, 15) is 4.79 Å². The van der Waals surface area contributed by atoms with E-state index in [1.807, 2.05) is 44.2 Å². The number of hydrogen-bond acceptors (Lipinski definition) is 2. The van der Waals surface area contributed by atoms with Crippen molar-refractivity contribution in [3.8, 4) is 5.75 Å². The van der Waals surface area contributed by atoms with Crippen LogP contribution in [0, 0.1) is 13.8 Å². The van der Waals surface area contributed by atoms with Crippen LogP contribution in [0.3, 0.4) is 0 Å². The number of anilines is 1. The Hall–Kier alpha value is -2.78. The van der Waals surface area contributed by atoms with Gasteiger partial charge in [-0.25, -0.2) is 0 Å². The van der Waals surface area contributed by atoms with Crippen LogP contribution in [0.5, 0.6) is 5.75 Å². The fraction of sp³-hybridized carbons (Fsp3) is 0.345. The van der Waals surface area contributed by atoms with Gasteiger partial charge in [-0.15, -0.1) is 0 Å². The monoisotopic (exact) mass is 461 g/mol. The smallest absolute Gasteiger partial charge is 0.236 e. The Bertz CT molecular complexity index is 1190. The second-order valence-electron chi connectivity index (χ2n) is 9.57. The van der Waals surface area contributed by atoms with Crippen molar-refractivity contribution in [2.24, 2.45) is 0 Å². The fourth-order valence-electron chi connectivity index (χ4n) is 4.79. The number of hydrogen-bond donors (Lipinski definition) is 1. The SMILES string of the molecule is Cc1cc(Cl)c2c(c1C)C(C(=O)Nc1c(C(C)C)cccc1C(C)C)c1ccccc1CO2. The average molecular weight is 462 g/mol. The Morgan fingerprint density at radius 2 is 1.64 bits per heavy atom. The first-order chi connectivity index (χ1) is 15.7. The Kier molecular flexibility index (Phi) is 6.54. The molecule has 1 amide bonds. The fourth-order valence-corrected chi connectivity index (χ4v) is 5.11. The Labute approximate surface area is 202 Å². The number of carbonyl (C=O) groups is 1. The highest BCUT2D eigenvalue weighted by atomic mass is 35.5. The Morgan fingerprint density at radius 3 is 2.27 bits per heavy atom. The molecule has 1 N–H and O–H groups in total.